The molecule has 2 N–H and O–H groups in total. The van der Waals surface area contributed by atoms with Crippen molar-refractivity contribution in [1.29, 1.82) is 0 Å². The van der Waals surface area contributed by atoms with Crippen molar-refractivity contribution in [3.05, 3.63) is 11.4 Å². The van der Waals surface area contributed by atoms with Gasteiger partial charge < -0.3 is 5.73 Å². The third-order valence-electron chi connectivity index (χ3n) is 2.03. The van der Waals surface area contributed by atoms with Gasteiger partial charge in [-0.25, -0.2) is 0 Å². The molecule has 13 heavy (non-hydrogen) atoms. The molecule has 4 nitrogen and oxygen atoms in total. The lowest BCUT2D eigenvalue weighted by Gasteiger charge is -2.01. The summed E-state index contributed by atoms with van der Waals surface area (Å²) in [6.45, 7) is 4.47. The first-order valence-corrected chi connectivity index (χ1v) is 5.84. The first kappa shape index (κ1) is 10.2. The zero-order chi connectivity index (χ0) is 10.0. The van der Waals surface area contributed by atoms with Gasteiger partial charge in [0.15, 0.2) is 0 Å². The van der Waals surface area contributed by atoms with Crippen molar-refractivity contribution in [2.45, 2.75) is 20.4 Å². The van der Waals surface area contributed by atoms with Gasteiger partial charge >= 0.3 is 0 Å². The lowest BCUT2D eigenvalue weighted by molar-refractivity contribution is 0.628. The van der Waals surface area contributed by atoms with E-state index >= 15 is 0 Å². The highest BCUT2D eigenvalue weighted by Crippen LogP contribution is 2.14. The summed E-state index contributed by atoms with van der Waals surface area (Å²) in [6, 6.07) is 0. The molecule has 5 heteroatoms. The number of hydrogen-bond acceptors (Lipinski definition) is 3. The normalized spacial score (nSPS) is 13.2. The van der Waals surface area contributed by atoms with Crippen molar-refractivity contribution in [2.75, 3.05) is 17.7 Å². The third-order valence-corrected chi connectivity index (χ3v) is 2.79. The average molecular weight is 201 g/mol. The predicted molar refractivity (Wildman–Crippen MR) is 55.0 cm³/mol. The number of aromatic nitrogens is 2. The highest BCUT2D eigenvalue weighted by Gasteiger charge is 2.07. The highest BCUT2D eigenvalue weighted by molar-refractivity contribution is 7.84. The van der Waals surface area contributed by atoms with Gasteiger partial charge in [0.1, 0.15) is 0 Å². The molecule has 74 valence electrons. The lowest BCUT2D eigenvalue weighted by atomic mass is 10.3. The molecular formula is C8H15N3OS. The van der Waals surface area contributed by atoms with Crippen LogP contribution in [-0.4, -0.2) is 26.0 Å². The fraction of sp³-hybridized carbons (Fsp3) is 0.625. The Kier molecular flexibility index (Phi) is 3.08. The molecule has 1 unspecified atom stereocenters. The van der Waals surface area contributed by atoms with E-state index < -0.39 is 10.8 Å². The van der Waals surface area contributed by atoms with Crippen LogP contribution >= 0.6 is 0 Å². The van der Waals surface area contributed by atoms with Crippen molar-refractivity contribution >= 4 is 16.5 Å². The van der Waals surface area contributed by atoms with Gasteiger partial charge in [-0.1, -0.05) is 0 Å². The van der Waals surface area contributed by atoms with E-state index in [-0.39, 0.29) is 0 Å². The molecule has 0 spiro atoms. The molecule has 0 amide bonds. The zero-order valence-corrected chi connectivity index (χ0v) is 9.02. The molecular weight excluding hydrogens is 186 g/mol. The monoisotopic (exact) mass is 201 g/mol. The average Bonchev–Trinajstić information content (AvgIpc) is 2.29. The molecule has 1 heterocycles. The van der Waals surface area contributed by atoms with E-state index in [1.165, 1.54) is 0 Å². The minimum Gasteiger partial charge on any atom is -0.396 e. The van der Waals surface area contributed by atoms with E-state index in [1.54, 1.807) is 6.26 Å². The molecule has 0 saturated heterocycles. The van der Waals surface area contributed by atoms with Crippen LogP contribution < -0.4 is 5.73 Å². The first-order chi connectivity index (χ1) is 6.02. The maximum absolute atomic E-state index is 10.9. The van der Waals surface area contributed by atoms with Crippen LogP contribution in [0.4, 0.5) is 5.69 Å². The summed E-state index contributed by atoms with van der Waals surface area (Å²) < 4.78 is 12.7. The summed E-state index contributed by atoms with van der Waals surface area (Å²) >= 11 is 0. The molecule has 0 aliphatic rings. The summed E-state index contributed by atoms with van der Waals surface area (Å²) in [5.74, 6) is 0.626. The van der Waals surface area contributed by atoms with Crippen molar-refractivity contribution in [3.63, 3.8) is 0 Å². The first-order valence-electron chi connectivity index (χ1n) is 4.12. The van der Waals surface area contributed by atoms with Gasteiger partial charge in [-0.2, -0.15) is 5.10 Å². The minimum absolute atomic E-state index is 0.626. The van der Waals surface area contributed by atoms with Crippen molar-refractivity contribution in [3.8, 4) is 0 Å². The summed E-state index contributed by atoms with van der Waals surface area (Å²) in [4.78, 5) is 0. The number of anilines is 1. The molecule has 1 aromatic heterocycles. The van der Waals surface area contributed by atoms with E-state index in [2.05, 4.69) is 5.10 Å². The van der Waals surface area contributed by atoms with Gasteiger partial charge in [0.2, 0.25) is 0 Å². The summed E-state index contributed by atoms with van der Waals surface area (Å²) in [5.41, 5.74) is 8.30. The van der Waals surface area contributed by atoms with Crippen molar-refractivity contribution in [1.82, 2.24) is 9.78 Å². The Balaban J connectivity index is 2.78. The largest absolute Gasteiger partial charge is 0.396 e. The Bertz CT molecular complexity index is 332. The predicted octanol–water partition coefficient (Wildman–Crippen LogP) is 0.461. The molecule has 0 aliphatic carbocycles. The number of hydrogen-bond donors (Lipinski definition) is 1. The van der Waals surface area contributed by atoms with Crippen LogP contribution in [0.15, 0.2) is 0 Å². The van der Waals surface area contributed by atoms with Crippen molar-refractivity contribution in [2.24, 2.45) is 0 Å². The highest BCUT2D eigenvalue weighted by atomic mass is 32.2. The van der Waals surface area contributed by atoms with Gasteiger partial charge in [-0.05, 0) is 13.8 Å². The summed E-state index contributed by atoms with van der Waals surface area (Å²) in [7, 11) is -0.773. The Morgan fingerprint density at radius 1 is 1.54 bits per heavy atom. The molecule has 0 bridgehead atoms. The lowest BCUT2D eigenvalue weighted by Crippen LogP contribution is -2.09. The van der Waals surface area contributed by atoms with E-state index in [4.69, 9.17) is 5.73 Å². The van der Waals surface area contributed by atoms with Gasteiger partial charge in [0, 0.05) is 22.8 Å². The quantitative estimate of drug-likeness (QED) is 0.773. The summed E-state index contributed by atoms with van der Waals surface area (Å²) in [5, 5.41) is 4.24. The van der Waals surface area contributed by atoms with E-state index in [0.717, 1.165) is 17.1 Å². The van der Waals surface area contributed by atoms with Crippen LogP contribution in [0.25, 0.3) is 0 Å². The Morgan fingerprint density at radius 2 is 2.15 bits per heavy atom. The van der Waals surface area contributed by atoms with E-state index in [9.17, 15) is 4.21 Å². The third kappa shape index (κ3) is 2.30. The Hall–Kier alpha value is -0.840. The number of rotatable bonds is 3. The van der Waals surface area contributed by atoms with Gasteiger partial charge in [0.05, 0.1) is 23.6 Å². The second kappa shape index (κ2) is 3.91. The minimum atomic E-state index is -0.773. The molecule has 1 aromatic rings. The van der Waals surface area contributed by atoms with Crippen LogP contribution in [0, 0.1) is 13.8 Å². The second-order valence-electron chi connectivity index (χ2n) is 3.08. The number of nitrogens with zero attached hydrogens (tertiary/aromatic N) is 2. The van der Waals surface area contributed by atoms with Crippen LogP contribution in [-0.2, 0) is 17.3 Å². The Labute approximate surface area is 80.6 Å². The molecule has 0 aliphatic heterocycles. The fourth-order valence-electron chi connectivity index (χ4n) is 1.14. The van der Waals surface area contributed by atoms with Crippen molar-refractivity contribution < 1.29 is 4.21 Å². The molecule has 1 atom stereocenters. The maximum Gasteiger partial charge on any atom is 0.0825 e. The number of nitrogens with two attached hydrogens (primary N) is 1. The van der Waals surface area contributed by atoms with Crippen LogP contribution in [0.2, 0.25) is 0 Å². The van der Waals surface area contributed by atoms with E-state index in [0.29, 0.717) is 12.3 Å². The molecule has 1 rings (SSSR count). The SMILES string of the molecule is Cc1nn(CCS(C)=O)c(C)c1N. The van der Waals surface area contributed by atoms with Gasteiger partial charge in [-0.3, -0.25) is 8.89 Å². The van der Waals surface area contributed by atoms with Gasteiger partial charge in [0.25, 0.3) is 0 Å². The van der Waals surface area contributed by atoms with Crippen LogP contribution in [0.1, 0.15) is 11.4 Å². The topological polar surface area (TPSA) is 60.9 Å². The molecule has 0 fully saturated rings. The van der Waals surface area contributed by atoms with Gasteiger partial charge in [-0.15, -0.1) is 0 Å². The zero-order valence-electron chi connectivity index (χ0n) is 8.20. The smallest absolute Gasteiger partial charge is 0.0825 e. The number of nitrogen functional groups attached to an aromatic ring is 1. The standard InChI is InChI=1S/C8H15N3OS/c1-6-8(9)7(2)11(10-6)4-5-13(3)12/h4-5,9H2,1-3H3. The van der Waals surface area contributed by atoms with Crippen LogP contribution in [0.5, 0.6) is 0 Å². The van der Waals surface area contributed by atoms with Crippen LogP contribution in [0.3, 0.4) is 0 Å². The molecule has 0 aromatic carbocycles. The Morgan fingerprint density at radius 3 is 2.54 bits per heavy atom. The number of aryl methyl sites for hydroxylation is 2. The molecule has 0 saturated carbocycles. The van der Waals surface area contributed by atoms with E-state index in [1.807, 2.05) is 18.5 Å². The molecule has 0 radical (unpaired) electrons. The summed E-state index contributed by atoms with van der Waals surface area (Å²) in [6.07, 6.45) is 1.69. The maximum atomic E-state index is 10.9. The second-order valence-corrected chi connectivity index (χ2v) is 4.64. The fourth-order valence-corrected chi connectivity index (χ4v) is 1.57.